The summed E-state index contributed by atoms with van der Waals surface area (Å²) in [5, 5.41) is 0. The molecule has 0 unspecified atom stereocenters. The summed E-state index contributed by atoms with van der Waals surface area (Å²) in [6.07, 6.45) is 0.884. The molecule has 0 fully saturated rings. The molecule has 1 aromatic rings. The molecule has 6 heteroatoms. The van der Waals surface area contributed by atoms with Gasteiger partial charge < -0.3 is 9.08 Å². The van der Waals surface area contributed by atoms with E-state index in [1.54, 1.807) is 36.1 Å². The maximum Gasteiger partial charge on any atom is 0.308 e. The molecule has 0 saturated heterocycles. The first-order chi connectivity index (χ1) is 9.79. The molecular weight excluding hydrogens is 290 g/mol. The van der Waals surface area contributed by atoms with Crippen LogP contribution in [0.3, 0.4) is 0 Å². The fraction of sp³-hybridized carbons (Fsp3) is 0.533. The van der Waals surface area contributed by atoms with Crippen molar-refractivity contribution >= 4 is 16.0 Å². The van der Waals surface area contributed by atoms with Crippen LogP contribution in [0.4, 0.5) is 0 Å². The van der Waals surface area contributed by atoms with Gasteiger partial charge in [0, 0.05) is 19.5 Å². The Morgan fingerprint density at radius 3 is 2.24 bits per heavy atom. The lowest BCUT2D eigenvalue weighted by Crippen LogP contribution is -2.36. The van der Waals surface area contributed by atoms with Crippen LogP contribution < -0.4 is 4.18 Å². The van der Waals surface area contributed by atoms with Crippen LogP contribution in [0.1, 0.15) is 39.7 Å². The third-order valence-corrected chi connectivity index (χ3v) is 4.53. The van der Waals surface area contributed by atoms with Gasteiger partial charge in [-0.1, -0.05) is 19.1 Å². The van der Waals surface area contributed by atoms with Gasteiger partial charge in [-0.2, -0.15) is 8.42 Å². The van der Waals surface area contributed by atoms with Crippen LogP contribution in [-0.4, -0.2) is 31.0 Å². The Hall–Kier alpha value is -1.56. The molecule has 0 aliphatic rings. The third kappa shape index (κ3) is 5.38. The van der Waals surface area contributed by atoms with E-state index in [1.807, 2.05) is 13.8 Å². The molecule has 0 spiro atoms. The first kappa shape index (κ1) is 17.5. The summed E-state index contributed by atoms with van der Waals surface area (Å²) in [4.78, 5) is 13.5. The van der Waals surface area contributed by atoms with Crippen molar-refractivity contribution in [3.8, 4) is 5.75 Å². The molecule has 1 rings (SSSR count). The highest BCUT2D eigenvalue weighted by molar-refractivity contribution is 7.87. The minimum atomic E-state index is -3.50. The number of hydrogen-bond donors (Lipinski definition) is 0. The second kappa shape index (κ2) is 7.45. The molecule has 118 valence electrons. The number of carbonyl (C=O) groups excluding carboxylic acids is 1. The van der Waals surface area contributed by atoms with Gasteiger partial charge in [0.1, 0.15) is 5.75 Å². The number of carbonyl (C=O) groups is 1. The van der Waals surface area contributed by atoms with Gasteiger partial charge in [0.25, 0.3) is 0 Å². The molecule has 0 aromatic heterocycles. The van der Waals surface area contributed by atoms with Crippen LogP contribution in [0.2, 0.25) is 0 Å². The Labute approximate surface area is 127 Å². The molecule has 0 bridgehead atoms. The second-order valence-electron chi connectivity index (χ2n) is 4.98. The smallest absolute Gasteiger partial charge is 0.308 e. The van der Waals surface area contributed by atoms with Crippen LogP contribution >= 0.6 is 0 Å². The van der Waals surface area contributed by atoms with E-state index in [0.29, 0.717) is 12.3 Å². The summed E-state index contributed by atoms with van der Waals surface area (Å²) in [6.45, 7) is 7.63. The number of nitrogens with zero attached hydrogens (tertiary/aromatic N) is 1. The molecule has 0 saturated carbocycles. The molecule has 1 amide bonds. The molecule has 5 nitrogen and oxygen atoms in total. The summed E-state index contributed by atoms with van der Waals surface area (Å²) >= 11 is 0. The summed E-state index contributed by atoms with van der Waals surface area (Å²) < 4.78 is 27.7. The molecule has 0 radical (unpaired) electrons. The van der Waals surface area contributed by atoms with E-state index in [4.69, 9.17) is 4.18 Å². The highest BCUT2D eigenvalue weighted by Crippen LogP contribution is 2.17. The Balaban J connectivity index is 2.80. The highest BCUT2D eigenvalue weighted by Gasteiger charge is 2.15. The summed E-state index contributed by atoms with van der Waals surface area (Å²) in [7, 11) is -3.50. The fourth-order valence-corrected chi connectivity index (χ4v) is 2.37. The Morgan fingerprint density at radius 1 is 1.24 bits per heavy atom. The molecule has 0 aliphatic heterocycles. The van der Waals surface area contributed by atoms with Crippen molar-refractivity contribution in [3.05, 3.63) is 29.8 Å². The maximum atomic E-state index is 11.7. The number of rotatable bonds is 7. The van der Waals surface area contributed by atoms with Crippen LogP contribution in [-0.2, 0) is 21.5 Å². The monoisotopic (exact) mass is 313 g/mol. The van der Waals surface area contributed by atoms with Crippen molar-refractivity contribution in [1.82, 2.24) is 4.90 Å². The summed E-state index contributed by atoms with van der Waals surface area (Å²) in [5.41, 5.74) is 0.937. The lowest BCUT2D eigenvalue weighted by Gasteiger charge is -2.27. The van der Waals surface area contributed by atoms with Crippen molar-refractivity contribution in [2.45, 2.75) is 46.7 Å². The van der Waals surface area contributed by atoms with E-state index in [-0.39, 0.29) is 17.7 Å². The van der Waals surface area contributed by atoms with Gasteiger partial charge in [0.2, 0.25) is 5.91 Å². The fourth-order valence-electron chi connectivity index (χ4n) is 1.85. The molecule has 0 heterocycles. The lowest BCUT2D eigenvalue weighted by atomic mass is 10.1. The lowest BCUT2D eigenvalue weighted by molar-refractivity contribution is -0.131. The standard InChI is InChI=1S/C15H23NO4S/c1-5-12(3)16(13(4)17)11-14-7-9-15(10-8-14)20-21(18,19)6-2/h7-10,12H,5-6,11H2,1-4H3/t12-/m1/s1. The third-order valence-electron chi connectivity index (χ3n) is 3.38. The van der Waals surface area contributed by atoms with E-state index < -0.39 is 10.1 Å². The van der Waals surface area contributed by atoms with Crippen LogP contribution in [0.25, 0.3) is 0 Å². The Morgan fingerprint density at radius 2 is 1.81 bits per heavy atom. The van der Waals surface area contributed by atoms with Gasteiger partial charge in [-0.15, -0.1) is 0 Å². The largest absolute Gasteiger partial charge is 0.382 e. The van der Waals surface area contributed by atoms with Crippen LogP contribution in [0, 0.1) is 0 Å². The molecule has 1 atom stereocenters. The minimum Gasteiger partial charge on any atom is -0.382 e. The summed E-state index contributed by atoms with van der Waals surface area (Å²) in [6, 6.07) is 6.94. The molecule has 0 N–H and O–H groups in total. The first-order valence-corrected chi connectivity index (χ1v) is 8.65. The molecular formula is C15H23NO4S. The number of benzene rings is 1. The minimum absolute atomic E-state index is 0.0261. The Bertz CT molecular complexity index is 566. The van der Waals surface area contributed by atoms with Gasteiger partial charge in [-0.3, -0.25) is 4.79 Å². The van der Waals surface area contributed by atoms with Crippen molar-refractivity contribution in [2.75, 3.05) is 5.75 Å². The van der Waals surface area contributed by atoms with Gasteiger partial charge in [-0.25, -0.2) is 0 Å². The number of amides is 1. The predicted octanol–water partition coefficient (Wildman–Crippen LogP) is 2.56. The van der Waals surface area contributed by atoms with E-state index in [9.17, 15) is 13.2 Å². The van der Waals surface area contributed by atoms with Crippen molar-refractivity contribution in [2.24, 2.45) is 0 Å². The van der Waals surface area contributed by atoms with Gasteiger partial charge in [0.15, 0.2) is 0 Å². The second-order valence-corrected chi connectivity index (χ2v) is 6.84. The SMILES string of the molecule is CC[C@@H](C)N(Cc1ccc(OS(=O)(=O)CC)cc1)C(C)=O. The normalized spacial score (nSPS) is 12.8. The van der Waals surface area contributed by atoms with Gasteiger partial charge in [0.05, 0.1) is 5.75 Å². The quantitative estimate of drug-likeness (QED) is 0.726. The average Bonchev–Trinajstić information content (AvgIpc) is 2.45. The first-order valence-electron chi connectivity index (χ1n) is 7.07. The highest BCUT2D eigenvalue weighted by atomic mass is 32.2. The average molecular weight is 313 g/mol. The van der Waals surface area contributed by atoms with E-state index in [2.05, 4.69) is 0 Å². The Kier molecular flexibility index (Phi) is 6.20. The predicted molar refractivity (Wildman–Crippen MR) is 82.5 cm³/mol. The zero-order chi connectivity index (χ0) is 16.0. The zero-order valence-corrected chi connectivity index (χ0v) is 13.8. The van der Waals surface area contributed by atoms with Gasteiger partial charge >= 0.3 is 10.1 Å². The molecule has 1 aromatic carbocycles. The maximum absolute atomic E-state index is 11.7. The van der Waals surface area contributed by atoms with Gasteiger partial charge in [-0.05, 0) is 38.0 Å². The molecule has 0 aliphatic carbocycles. The van der Waals surface area contributed by atoms with Crippen LogP contribution in [0.15, 0.2) is 24.3 Å². The van der Waals surface area contributed by atoms with Crippen molar-refractivity contribution < 1.29 is 17.4 Å². The van der Waals surface area contributed by atoms with E-state index in [1.165, 1.54) is 6.92 Å². The number of hydrogen-bond acceptors (Lipinski definition) is 4. The summed E-state index contributed by atoms with van der Waals surface area (Å²) in [5.74, 6) is 0.248. The van der Waals surface area contributed by atoms with Crippen molar-refractivity contribution in [1.29, 1.82) is 0 Å². The zero-order valence-electron chi connectivity index (χ0n) is 13.0. The molecule has 21 heavy (non-hydrogen) atoms. The van der Waals surface area contributed by atoms with Crippen molar-refractivity contribution in [3.63, 3.8) is 0 Å². The topological polar surface area (TPSA) is 63.7 Å². The van der Waals surface area contributed by atoms with E-state index in [0.717, 1.165) is 12.0 Å². The van der Waals surface area contributed by atoms with E-state index >= 15 is 0 Å². The van der Waals surface area contributed by atoms with Crippen LogP contribution in [0.5, 0.6) is 5.75 Å².